The number of nitrogens with zero attached hydrogens (tertiary/aromatic N) is 2. The molecule has 0 radical (unpaired) electrons. The molecule has 3 nitrogen and oxygen atoms in total. The van der Waals surface area contributed by atoms with E-state index in [4.69, 9.17) is 5.73 Å². The normalized spacial score (nSPS) is 20.8. The maximum Gasteiger partial charge on any atom is 0.106 e. The van der Waals surface area contributed by atoms with E-state index in [1.807, 2.05) is 6.20 Å². The topological polar surface area (TPSA) is 42.1 Å². The molecule has 0 saturated carbocycles. The van der Waals surface area contributed by atoms with Gasteiger partial charge in [0.05, 0.1) is 0 Å². The first kappa shape index (κ1) is 13.9. The van der Waals surface area contributed by atoms with Crippen LogP contribution in [0.15, 0.2) is 22.9 Å². The van der Waals surface area contributed by atoms with Crippen molar-refractivity contribution in [3.8, 4) is 0 Å². The van der Waals surface area contributed by atoms with Gasteiger partial charge in [-0.3, -0.25) is 4.90 Å². The van der Waals surface area contributed by atoms with Crippen molar-refractivity contribution < 1.29 is 0 Å². The molecule has 0 bridgehead atoms. The third kappa shape index (κ3) is 3.42. The molecular weight excluding hydrogens is 289 g/mol. The van der Waals surface area contributed by atoms with Crippen molar-refractivity contribution in [1.82, 2.24) is 9.88 Å². The van der Waals surface area contributed by atoms with E-state index in [0.717, 1.165) is 17.7 Å². The first-order chi connectivity index (χ1) is 7.29. The SMILES string of the molecule is Cl.NCC1CCCN1Cc1ccnc(Br)c1. The zero-order valence-electron chi connectivity index (χ0n) is 9.10. The fourth-order valence-electron chi connectivity index (χ4n) is 2.15. The quantitative estimate of drug-likeness (QED) is 0.871. The smallest absolute Gasteiger partial charge is 0.106 e. The minimum absolute atomic E-state index is 0. The van der Waals surface area contributed by atoms with Crippen LogP contribution in [0.25, 0.3) is 0 Å². The number of hydrogen-bond donors (Lipinski definition) is 1. The van der Waals surface area contributed by atoms with Crippen molar-refractivity contribution in [1.29, 1.82) is 0 Å². The van der Waals surface area contributed by atoms with Crippen molar-refractivity contribution in [2.24, 2.45) is 5.73 Å². The highest BCUT2D eigenvalue weighted by Gasteiger charge is 2.22. The molecule has 90 valence electrons. The molecule has 1 saturated heterocycles. The lowest BCUT2D eigenvalue weighted by Crippen LogP contribution is -2.34. The second kappa shape index (κ2) is 6.55. The minimum Gasteiger partial charge on any atom is -0.329 e. The highest BCUT2D eigenvalue weighted by molar-refractivity contribution is 9.10. The molecule has 2 rings (SSSR count). The Balaban J connectivity index is 0.00000128. The van der Waals surface area contributed by atoms with E-state index in [-0.39, 0.29) is 12.4 Å². The average Bonchev–Trinajstić information content (AvgIpc) is 2.65. The van der Waals surface area contributed by atoms with E-state index in [9.17, 15) is 0 Å². The molecule has 1 aromatic rings. The molecule has 0 aromatic carbocycles. The molecule has 5 heteroatoms. The van der Waals surface area contributed by atoms with Crippen LogP contribution in [0, 0.1) is 0 Å². The van der Waals surface area contributed by atoms with E-state index < -0.39 is 0 Å². The summed E-state index contributed by atoms with van der Waals surface area (Å²) in [7, 11) is 0. The van der Waals surface area contributed by atoms with E-state index in [0.29, 0.717) is 6.04 Å². The van der Waals surface area contributed by atoms with E-state index in [1.54, 1.807) is 0 Å². The van der Waals surface area contributed by atoms with Crippen LogP contribution in [0.4, 0.5) is 0 Å². The second-order valence-corrected chi connectivity index (χ2v) is 4.80. The lowest BCUT2D eigenvalue weighted by molar-refractivity contribution is 0.250. The van der Waals surface area contributed by atoms with E-state index in [2.05, 4.69) is 37.9 Å². The summed E-state index contributed by atoms with van der Waals surface area (Å²) in [5.41, 5.74) is 7.05. The third-order valence-corrected chi connectivity index (χ3v) is 3.38. The van der Waals surface area contributed by atoms with Crippen LogP contribution in [-0.4, -0.2) is 29.0 Å². The van der Waals surface area contributed by atoms with E-state index >= 15 is 0 Å². The van der Waals surface area contributed by atoms with E-state index in [1.165, 1.54) is 24.9 Å². The van der Waals surface area contributed by atoms with Gasteiger partial charge in [0.15, 0.2) is 0 Å². The summed E-state index contributed by atoms with van der Waals surface area (Å²) in [5, 5.41) is 0. The fourth-order valence-corrected chi connectivity index (χ4v) is 2.56. The minimum atomic E-state index is 0. The van der Waals surface area contributed by atoms with Crippen LogP contribution in [0.5, 0.6) is 0 Å². The molecule has 1 aliphatic rings. The Labute approximate surface area is 111 Å². The number of rotatable bonds is 3. The Bertz CT molecular complexity index is 335. The van der Waals surface area contributed by atoms with Crippen LogP contribution < -0.4 is 5.73 Å². The fraction of sp³-hybridized carbons (Fsp3) is 0.545. The predicted molar refractivity (Wildman–Crippen MR) is 71.7 cm³/mol. The lowest BCUT2D eigenvalue weighted by Gasteiger charge is -2.22. The van der Waals surface area contributed by atoms with Crippen LogP contribution in [0.3, 0.4) is 0 Å². The molecule has 16 heavy (non-hydrogen) atoms. The Morgan fingerprint density at radius 2 is 2.38 bits per heavy atom. The summed E-state index contributed by atoms with van der Waals surface area (Å²) < 4.78 is 0.906. The van der Waals surface area contributed by atoms with Crippen LogP contribution in [0.2, 0.25) is 0 Å². The van der Waals surface area contributed by atoms with Gasteiger partial charge in [0, 0.05) is 25.3 Å². The Morgan fingerprint density at radius 3 is 3.06 bits per heavy atom. The molecular formula is C11H17BrClN3. The van der Waals surface area contributed by atoms with Crippen molar-refractivity contribution in [2.75, 3.05) is 13.1 Å². The van der Waals surface area contributed by atoms with Crippen molar-refractivity contribution >= 4 is 28.3 Å². The first-order valence-electron chi connectivity index (χ1n) is 5.34. The van der Waals surface area contributed by atoms with Gasteiger partial charge in [0.1, 0.15) is 4.60 Å². The molecule has 0 amide bonds. The van der Waals surface area contributed by atoms with Crippen LogP contribution in [0.1, 0.15) is 18.4 Å². The number of pyridine rings is 1. The monoisotopic (exact) mass is 305 g/mol. The average molecular weight is 307 g/mol. The summed E-state index contributed by atoms with van der Waals surface area (Å²) >= 11 is 3.39. The molecule has 0 aliphatic carbocycles. The standard InChI is InChI=1S/C11H16BrN3.ClH/c12-11-6-9(3-4-14-11)8-15-5-1-2-10(15)7-13;/h3-4,6,10H,1-2,5,7-8,13H2;1H. The number of likely N-dealkylation sites (tertiary alicyclic amines) is 1. The Hall–Kier alpha value is -0.160. The summed E-state index contributed by atoms with van der Waals surface area (Å²) in [6.07, 6.45) is 4.35. The number of hydrogen-bond acceptors (Lipinski definition) is 3. The highest BCUT2D eigenvalue weighted by atomic mass is 79.9. The van der Waals surface area contributed by atoms with Gasteiger partial charge in [-0.25, -0.2) is 4.98 Å². The third-order valence-electron chi connectivity index (χ3n) is 2.95. The van der Waals surface area contributed by atoms with Crippen molar-refractivity contribution in [3.05, 3.63) is 28.5 Å². The molecule has 1 fully saturated rings. The summed E-state index contributed by atoms with van der Waals surface area (Å²) in [4.78, 5) is 6.59. The van der Waals surface area contributed by atoms with Gasteiger partial charge >= 0.3 is 0 Å². The van der Waals surface area contributed by atoms with Gasteiger partial charge < -0.3 is 5.73 Å². The second-order valence-electron chi connectivity index (χ2n) is 3.99. The molecule has 2 heterocycles. The number of aromatic nitrogens is 1. The van der Waals surface area contributed by atoms with Gasteiger partial charge in [-0.1, -0.05) is 0 Å². The molecule has 2 N–H and O–H groups in total. The molecule has 1 aliphatic heterocycles. The summed E-state index contributed by atoms with van der Waals surface area (Å²) in [5.74, 6) is 0. The highest BCUT2D eigenvalue weighted by Crippen LogP contribution is 2.19. The Kier molecular flexibility index (Phi) is 5.69. The van der Waals surface area contributed by atoms with Crippen LogP contribution in [-0.2, 0) is 6.54 Å². The number of halogens is 2. The Morgan fingerprint density at radius 1 is 1.56 bits per heavy atom. The molecule has 1 unspecified atom stereocenters. The predicted octanol–water partition coefficient (Wildman–Crippen LogP) is 2.19. The van der Waals surface area contributed by atoms with Gasteiger partial charge in [-0.2, -0.15) is 0 Å². The molecule has 1 atom stereocenters. The largest absolute Gasteiger partial charge is 0.329 e. The van der Waals surface area contributed by atoms with Gasteiger partial charge in [0.25, 0.3) is 0 Å². The zero-order valence-corrected chi connectivity index (χ0v) is 11.5. The lowest BCUT2D eigenvalue weighted by atomic mass is 10.2. The molecule has 1 aromatic heterocycles. The summed E-state index contributed by atoms with van der Waals surface area (Å²) in [6, 6.07) is 4.71. The maximum atomic E-state index is 5.74. The van der Waals surface area contributed by atoms with Gasteiger partial charge in [-0.05, 0) is 53.0 Å². The maximum absolute atomic E-state index is 5.74. The number of nitrogens with two attached hydrogens (primary N) is 1. The first-order valence-corrected chi connectivity index (χ1v) is 6.13. The van der Waals surface area contributed by atoms with Gasteiger partial charge in [0.2, 0.25) is 0 Å². The zero-order chi connectivity index (χ0) is 10.7. The molecule has 0 spiro atoms. The van der Waals surface area contributed by atoms with Crippen LogP contribution >= 0.6 is 28.3 Å². The van der Waals surface area contributed by atoms with Crippen molar-refractivity contribution in [2.45, 2.75) is 25.4 Å². The van der Waals surface area contributed by atoms with Crippen molar-refractivity contribution in [3.63, 3.8) is 0 Å². The van der Waals surface area contributed by atoms with Gasteiger partial charge in [-0.15, -0.1) is 12.4 Å². The summed E-state index contributed by atoms with van der Waals surface area (Å²) in [6.45, 7) is 2.93.